The molecule has 0 aliphatic rings. The van der Waals surface area contributed by atoms with Crippen LogP contribution in [0.5, 0.6) is 0 Å². The smallest absolute Gasteiger partial charge is 0.179 e. The molecule has 0 spiro atoms. The highest BCUT2D eigenvalue weighted by atomic mass is 32.2. The van der Waals surface area contributed by atoms with Crippen LogP contribution in [0.15, 0.2) is 53.4 Å². The van der Waals surface area contributed by atoms with Gasteiger partial charge in [0.15, 0.2) is 4.90 Å². The van der Waals surface area contributed by atoms with E-state index in [0.717, 1.165) is 52.7 Å². The third-order valence-corrected chi connectivity index (χ3v) is 6.19. The van der Waals surface area contributed by atoms with Crippen LogP contribution in [0.25, 0.3) is 11.1 Å². The summed E-state index contributed by atoms with van der Waals surface area (Å²) in [5, 5.41) is 7.84. The molecule has 0 amide bonds. The molecular formula is C23H31N5OS. The van der Waals surface area contributed by atoms with Crippen LogP contribution >= 0.6 is 0 Å². The predicted octanol–water partition coefficient (Wildman–Crippen LogP) is 3.49. The summed E-state index contributed by atoms with van der Waals surface area (Å²) in [6, 6.07) is 16.4. The molecule has 3 aromatic rings. The fourth-order valence-corrected chi connectivity index (χ4v) is 4.22. The van der Waals surface area contributed by atoms with Gasteiger partial charge in [0.2, 0.25) is 0 Å². The second-order valence-electron chi connectivity index (χ2n) is 7.75. The van der Waals surface area contributed by atoms with Crippen molar-refractivity contribution in [3.63, 3.8) is 0 Å². The van der Waals surface area contributed by atoms with E-state index >= 15 is 0 Å². The van der Waals surface area contributed by atoms with Gasteiger partial charge in [0.1, 0.15) is 17.0 Å². The number of hydrogen-bond donors (Lipinski definition) is 2. The van der Waals surface area contributed by atoms with Crippen LogP contribution in [0.4, 0.5) is 5.69 Å². The largest absolute Gasteiger partial charge is 0.588 e. The zero-order valence-electron chi connectivity index (χ0n) is 18.4. The predicted molar refractivity (Wildman–Crippen MR) is 125 cm³/mol. The summed E-state index contributed by atoms with van der Waals surface area (Å²) >= 11 is -1.34. The van der Waals surface area contributed by atoms with Gasteiger partial charge in [-0.25, -0.2) is 0 Å². The Hall–Kier alpha value is -2.32. The van der Waals surface area contributed by atoms with Gasteiger partial charge in [-0.15, -0.1) is 0 Å². The first-order valence-corrected chi connectivity index (χ1v) is 11.2. The summed E-state index contributed by atoms with van der Waals surface area (Å²) in [6.45, 7) is 6.70. The van der Waals surface area contributed by atoms with Crippen molar-refractivity contribution in [2.75, 3.05) is 31.9 Å². The van der Waals surface area contributed by atoms with Gasteiger partial charge in [-0.2, -0.15) is 9.82 Å². The normalized spacial score (nSPS) is 12.4. The van der Waals surface area contributed by atoms with E-state index in [1.165, 1.54) is 5.56 Å². The Balaban J connectivity index is 1.66. The summed E-state index contributed by atoms with van der Waals surface area (Å²) in [6.07, 6.45) is 0. The molecule has 0 fully saturated rings. The van der Waals surface area contributed by atoms with Gasteiger partial charge in [0.25, 0.3) is 0 Å². The zero-order chi connectivity index (χ0) is 21.7. The monoisotopic (exact) mass is 425 g/mol. The lowest BCUT2D eigenvalue weighted by Gasteiger charge is -2.13. The Morgan fingerprint density at radius 3 is 2.43 bits per heavy atom. The Bertz CT molecular complexity index is 968. The van der Waals surface area contributed by atoms with Crippen LogP contribution in [-0.4, -0.2) is 46.4 Å². The van der Waals surface area contributed by atoms with Crippen molar-refractivity contribution in [1.82, 2.24) is 20.0 Å². The van der Waals surface area contributed by atoms with Crippen LogP contribution in [0.2, 0.25) is 0 Å². The van der Waals surface area contributed by atoms with Crippen LogP contribution in [0.3, 0.4) is 0 Å². The highest BCUT2D eigenvalue weighted by molar-refractivity contribution is 7.92. The minimum absolute atomic E-state index is 0.739. The second-order valence-corrected chi connectivity index (χ2v) is 8.96. The molecule has 1 aromatic heterocycles. The highest BCUT2D eigenvalue weighted by Crippen LogP contribution is 2.25. The van der Waals surface area contributed by atoms with Gasteiger partial charge in [-0.1, -0.05) is 18.2 Å². The van der Waals surface area contributed by atoms with Crippen LogP contribution in [0, 0.1) is 13.8 Å². The van der Waals surface area contributed by atoms with Crippen molar-refractivity contribution >= 4 is 17.0 Å². The average Bonchev–Trinajstić information content (AvgIpc) is 2.97. The van der Waals surface area contributed by atoms with Crippen molar-refractivity contribution in [1.29, 1.82) is 0 Å². The SMILES string of the molecule is Cc1nn(C)c(C)c1N[S+]([O-])c1ccc(-c2cccc(CNCCN(C)C)c2)cc1. The van der Waals surface area contributed by atoms with Crippen LogP contribution in [0.1, 0.15) is 17.0 Å². The van der Waals surface area contributed by atoms with Crippen molar-refractivity contribution in [3.8, 4) is 11.1 Å². The average molecular weight is 426 g/mol. The van der Waals surface area contributed by atoms with Crippen molar-refractivity contribution in [2.45, 2.75) is 25.3 Å². The van der Waals surface area contributed by atoms with Crippen molar-refractivity contribution < 1.29 is 4.55 Å². The molecule has 7 heteroatoms. The molecule has 0 bridgehead atoms. The van der Waals surface area contributed by atoms with Crippen molar-refractivity contribution in [2.24, 2.45) is 7.05 Å². The van der Waals surface area contributed by atoms with E-state index in [-0.39, 0.29) is 0 Å². The lowest BCUT2D eigenvalue weighted by atomic mass is 10.0. The van der Waals surface area contributed by atoms with Gasteiger partial charge in [0.05, 0.1) is 11.4 Å². The van der Waals surface area contributed by atoms with E-state index in [1.807, 2.05) is 45.2 Å². The number of rotatable bonds is 9. The standard InChI is InChI=1S/C23H31N5OS/c1-17-23(18(2)28(5)25-17)26-30(29)22-11-9-20(10-12-22)21-8-6-7-19(15-21)16-24-13-14-27(3)4/h6-12,15,24,26H,13-14,16H2,1-5H3. The van der Waals surface area contributed by atoms with Crippen LogP contribution < -0.4 is 10.0 Å². The molecule has 0 radical (unpaired) electrons. The van der Waals surface area contributed by atoms with E-state index in [4.69, 9.17) is 0 Å². The molecule has 0 saturated heterocycles. The summed E-state index contributed by atoms with van der Waals surface area (Å²) in [5.74, 6) is 0. The summed E-state index contributed by atoms with van der Waals surface area (Å²) in [4.78, 5) is 2.91. The molecule has 3 rings (SSSR count). The lowest BCUT2D eigenvalue weighted by Crippen LogP contribution is -2.26. The Morgan fingerprint density at radius 2 is 1.80 bits per heavy atom. The molecule has 1 heterocycles. The molecule has 0 aliphatic carbocycles. The number of nitrogens with one attached hydrogen (secondary N) is 2. The first kappa shape index (κ1) is 22.4. The molecule has 6 nitrogen and oxygen atoms in total. The molecule has 0 aliphatic heterocycles. The van der Waals surface area contributed by atoms with Gasteiger partial charge < -0.3 is 14.8 Å². The lowest BCUT2D eigenvalue weighted by molar-refractivity contribution is 0.400. The maximum absolute atomic E-state index is 12.8. The van der Waals surface area contributed by atoms with Crippen LogP contribution in [-0.2, 0) is 25.0 Å². The Morgan fingerprint density at radius 1 is 1.07 bits per heavy atom. The zero-order valence-corrected chi connectivity index (χ0v) is 19.2. The highest BCUT2D eigenvalue weighted by Gasteiger charge is 2.18. The topological polar surface area (TPSA) is 68.2 Å². The molecular weight excluding hydrogens is 394 g/mol. The fraction of sp³-hybridized carbons (Fsp3) is 0.348. The van der Waals surface area contributed by atoms with E-state index in [2.05, 4.69) is 58.4 Å². The molecule has 2 N–H and O–H groups in total. The van der Waals surface area contributed by atoms with E-state index < -0.39 is 11.4 Å². The molecule has 30 heavy (non-hydrogen) atoms. The maximum Gasteiger partial charge on any atom is 0.179 e. The molecule has 1 atom stereocenters. The number of hydrogen-bond acceptors (Lipinski definition) is 5. The number of likely N-dealkylation sites (N-methyl/N-ethyl adjacent to an activating group) is 1. The summed E-state index contributed by atoms with van der Waals surface area (Å²) in [5.41, 5.74) is 6.16. The van der Waals surface area contributed by atoms with Gasteiger partial charge >= 0.3 is 0 Å². The maximum atomic E-state index is 12.8. The number of nitrogens with zero attached hydrogens (tertiary/aromatic N) is 3. The van der Waals surface area contributed by atoms with Gasteiger partial charge in [-0.05, 0) is 75.0 Å². The molecule has 2 aromatic carbocycles. The number of aryl methyl sites for hydroxylation is 2. The number of benzene rings is 2. The second kappa shape index (κ2) is 10.1. The van der Waals surface area contributed by atoms with E-state index in [0.29, 0.717) is 0 Å². The third-order valence-electron chi connectivity index (χ3n) is 5.10. The fourth-order valence-electron chi connectivity index (χ4n) is 3.24. The Kier molecular flexibility index (Phi) is 7.55. The number of anilines is 1. The Labute approximate surface area is 182 Å². The molecule has 1 unspecified atom stereocenters. The first-order chi connectivity index (χ1) is 14.3. The molecule has 160 valence electrons. The minimum Gasteiger partial charge on any atom is -0.588 e. The summed E-state index contributed by atoms with van der Waals surface area (Å²) < 4.78 is 17.7. The van der Waals surface area contributed by atoms with Gasteiger partial charge in [0, 0.05) is 26.7 Å². The van der Waals surface area contributed by atoms with E-state index in [1.54, 1.807) is 4.68 Å². The van der Waals surface area contributed by atoms with E-state index in [9.17, 15) is 4.55 Å². The first-order valence-electron chi connectivity index (χ1n) is 10.1. The third kappa shape index (κ3) is 5.64. The minimum atomic E-state index is -1.34. The summed E-state index contributed by atoms with van der Waals surface area (Å²) in [7, 11) is 6.04. The quantitative estimate of drug-likeness (QED) is 0.406. The van der Waals surface area contributed by atoms with Crippen molar-refractivity contribution in [3.05, 3.63) is 65.5 Å². The molecule has 0 saturated carbocycles. The number of aromatic nitrogens is 2. The van der Waals surface area contributed by atoms with Gasteiger partial charge in [-0.3, -0.25) is 4.68 Å².